The molecule has 1 spiro atoms. The maximum absolute atomic E-state index is 3.08. The fourth-order valence-electron chi connectivity index (χ4n) is 7.53. The maximum atomic E-state index is 3.08. The minimum atomic E-state index is 0.623. The van der Waals surface area contributed by atoms with Gasteiger partial charge in [-0.3, -0.25) is 9.80 Å². The molecule has 4 atom stereocenters. The summed E-state index contributed by atoms with van der Waals surface area (Å²) in [4.78, 5) is 6.15. The molecule has 0 N–H and O–H groups in total. The Balaban J connectivity index is 1.60. The van der Waals surface area contributed by atoms with E-state index in [4.69, 9.17) is 0 Å². The van der Waals surface area contributed by atoms with Crippen molar-refractivity contribution in [1.82, 2.24) is 9.80 Å². The van der Waals surface area contributed by atoms with Gasteiger partial charge in [0.05, 0.1) is 5.66 Å². The first kappa shape index (κ1) is 8.92. The van der Waals surface area contributed by atoms with Crippen molar-refractivity contribution in [3.63, 3.8) is 0 Å². The summed E-state index contributed by atoms with van der Waals surface area (Å²) in [6, 6.07) is 3.98. The molecule has 6 saturated heterocycles. The number of hydrogen-bond donors (Lipinski definition) is 0. The Morgan fingerprint density at radius 2 is 0.941 bits per heavy atom. The summed E-state index contributed by atoms with van der Waals surface area (Å²) in [7, 11) is 0. The molecule has 92 valence electrons. The minimum absolute atomic E-state index is 0.623. The third-order valence-electron chi connectivity index (χ3n) is 7.50. The van der Waals surface area contributed by atoms with Crippen LogP contribution in [0.4, 0.5) is 0 Å². The molecular weight excluding hydrogens is 208 g/mol. The average molecular weight is 230 g/mol. The SMILES string of the molecule is C1CC2CC3CC4CCC5CC6CC1N2C63N54. The lowest BCUT2D eigenvalue weighted by molar-refractivity contribution is -0.0116. The Bertz CT molecular complexity index is 340. The first-order chi connectivity index (χ1) is 8.39. The van der Waals surface area contributed by atoms with Crippen LogP contribution in [0.1, 0.15) is 51.4 Å². The van der Waals surface area contributed by atoms with Gasteiger partial charge in [-0.1, -0.05) is 0 Å². The smallest absolute Gasteiger partial charge is 0.0807 e. The van der Waals surface area contributed by atoms with Crippen molar-refractivity contribution >= 4 is 0 Å². The molecule has 0 aromatic carbocycles. The molecule has 0 saturated carbocycles. The summed E-state index contributed by atoms with van der Waals surface area (Å²) in [6.45, 7) is 0. The number of rotatable bonds is 0. The first-order valence-corrected chi connectivity index (χ1v) is 7.96. The first-order valence-electron chi connectivity index (χ1n) is 7.96. The van der Waals surface area contributed by atoms with E-state index in [0.29, 0.717) is 5.66 Å². The van der Waals surface area contributed by atoms with Gasteiger partial charge in [0.15, 0.2) is 0 Å². The zero-order valence-electron chi connectivity index (χ0n) is 10.5. The number of nitrogens with zero attached hydrogens (tertiary/aromatic N) is 2. The Hall–Kier alpha value is -0.0800. The molecule has 0 amide bonds. The van der Waals surface area contributed by atoms with Crippen LogP contribution in [-0.2, 0) is 0 Å². The van der Waals surface area contributed by atoms with Crippen LogP contribution in [0.3, 0.4) is 0 Å². The third kappa shape index (κ3) is 0.710. The molecule has 4 unspecified atom stereocenters. The highest BCUT2D eigenvalue weighted by Gasteiger charge is 2.75. The molecule has 0 aliphatic carbocycles. The van der Waals surface area contributed by atoms with Crippen LogP contribution in [0.5, 0.6) is 0 Å². The van der Waals surface area contributed by atoms with E-state index in [-0.39, 0.29) is 0 Å². The third-order valence-corrected chi connectivity index (χ3v) is 7.50. The summed E-state index contributed by atoms with van der Waals surface area (Å²) in [5.74, 6) is 2.14. The van der Waals surface area contributed by atoms with Crippen molar-refractivity contribution in [2.24, 2.45) is 11.8 Å². The highest BCUT2D eigenvalue weighted by molar-refractivity contribution is 5.27. The Labute approximate surface area is 103 Å². The molecule has 6 rings (SSSR count). The van der Waals surface area contributed by atoms with Gasteiger partial charge in [0, 0.05) is 24.2 Å². The summed E-state index contributed by atoms with van der Waals surface area (Å²) in [5.41, 5.74) is 0.623. The molecular formula is C15H22N2. The van der Waals surface area contributed by atoms with Crippen LogP contribution in [0.25, 0.3) is 0 Å². The second-order valence-electron chi connectivity index (χ2n) is 7.70. The molecule has 0 bridgehead atoms. The van der Waals surface area contributed by atoms with E-state index in [0.717, 1.165) is 36.0 Å². The van der Waals surface area contributed by atoms with Gasteiger partial charge in [-0.05, 0) is 63.2 Å². The van der Waals surface area contributed by atoms with E-state index in [1.54, 1.807) is 25.7 Å². The second-order valence-corrected chi connectivity index (χ2v) is 7.70. The second kappa shape index (κ2) is 2.46. The molecule has 6 fully saturated rings. The van der Waals surface area contributed by atoms with E-state index in [1.807, 2.05) is 0 Å². The molecule has 0 aromatic heterocycles. The highest BCUT2D eigenvalue weighted by atomic mass is 15.5. The lowest BCUT2D eigenvalue weighted by atomic mass is 9.84. The Morgan fingerprint density at radius 1 is 0.588 bits per heavy atom. The van der Waals surface area contributed by atoms with E-state index in [9.17, 15) is 0 Å². The van der Waals surface area contributed by atoms with Crippen molar-refractivity contribution in [1.29, 1.82) is 0 Å². The van der Waals surface area contributed by atoms with Crippen LogP contribution in [-0.4, -0.2) is 39.6 Å². The molecule has 17 heavy (non-hydrogen) atoms. The zero-order chi connectivity index (χ0) is 10.8. The van der Waals surface area contributed by atoms with Crippen LogP contribution < -0.4 is 0 Å². The van der Waals surface area contributed by atoms with E-state index in [1.165, 1.54) is 25.7 Å². The minimum Gasteiger partial charge on any atom is -0.279 e. The largest absolute Gasteiger partial charge is 0.279 e. The molecule has 0 radical (unpaired) electrons. The van der Waals surface area contributed by atoms with Crippen LogP contribution >= 0.6 is 0 Å². The van der Waals surface area contributed by atoms with Gasteiger partial charge in [-0.15, -0.1) is 0 Å². The van der Waals surface area contributed by atoms with Gasteiger partial charge in [-0.25, -0.2) is 0 Å². The lowest BCUT2D eigenvalue weighted by Crippen LogP contribution is -2.55. The van der Waals surface area contributed by atoms with Crippen molar-refractivity contribution in [3.8, 4) is 0 Å². The highest BCUT2D eigenvalue weighted by Crippen LogP contribution is 2.69. The van der Waals surface area contributed by atoms with E-state index < -0.39 is 0 Å². The van der Waals surface area contributed by atoms with Gasteiger partial charge in [-0.2, -0.15) is 0 Å². The van der Waals surface area contributed by atoms with Crippen molar-refractivity contribution in [2.75, 3.05) is 0 Å². The van der Waals surface area contributed by atoms with Gasteiger partial charge < -0.3 is 0 Å². The molecule has 6 aliphatic heterocycles. The zero-order valence-corrected chi connectivity index (χ0v) is 10.5. The van der Waals surface area contributed by atoms with Gasteiger partial charge >= 0.3 is 0 Å². The van der Waals surface area contributed by atoms with E-state index in [2.05, 4.69) is 9.80 Å². The van der Waals surface area contributed by atoms with Crippen molar-refractivity contribution in [2.45, 2.75) is 81.2 Å². The predicted octanol–water partition coefficient (Wildman–Crippen LogP) is 2.20. The molecule has 0 aromatic rings. The van der Waals surface area contributed by atoms with E-state index >= 15 is 0 Å². The van der Waals surface area contributed by atoms with Crippen molar-refractivity contribution in [3.05, 3.63) is 0 Å². The van der Waals surface area contributed by atoms with Gasteiger partial charge in [0.1, 0.15) is 0 Å². The van der Waals surface area contributed by atoms with Crippen LogP contribution in [0.2, 0.25) is 0 Å². The summed E-state index contributed by atoms with van der Waals surface area (Å²) < 4.78 is 0. The fraction of sp³-hybridized carbons (Fsp3) is 1.00. The molecule has 6 aliphatic rings. The predicted molar refractivity (Wildman–Crippen MR) is 65.5 cm³/mol. The summed E-state index contributed by atoms with van der Waals surface area (Å²) >= 11 is 0. The van der Waals surface area contributed by atoms with Crippen LogP contribution in [0, 0.1) is 11.8 Å². The summed E-state index contributed by atoms with van der Waals surface area (Å²) in [5, 5.41) is 0. The monoisotopic (exact) mass is 230 g/mol. The topological polar surface area (TPSA) is 6.48 Å². The maximum Gasteiger partial charge on any atom is 0.0807 e. The summed E-state index contributed by atoms with van der Waals surface area (Å²) in [6.07, 6.45) is 12.4. The Morgan fingerprint density at radius 3 is 1.29 bits per heavy atom. The normalized spacial score (nSPS) is 67.1. The van der Waals surface area contributed by atoms with Crippen molar-refractivity contribution < 1.29 is 0 Å². The fourth-order valence-corrected chi connectivity index (χ4v) is 7.53. The van der Waals surface area contributed by atoms with Gasteiger partial charge in [0.25, 0.3) is 0 Å². The Kier molecular flexibility index (Phi) is 1.29. The lowest BCUT2D eigenvalue weighted by Gasteiger charge is -2.42. The average Bonchev–Trinajstić information content (AvgIpc) is 2.97. The molecule has 2 heteroatoms. The molecule has 6 heterocycles. The quantitative estimate of drug-likeness (QED) is 0.629. The standard InChI is InChI=1S/C15H22N2/c1-2-12-6-10-8-14-4-3-13-7-9-5-11(1)16(12)15(9,10)17(13)14/h9-14H,1-8H2. The van der Waals surface area contributed by atoms with Crippen LogP contribution in [0.15, 0.2) is 0 Å². The number of hydrogen-bond acceptors (Lipinski definition) is 2. The van der Waals surface area contributed by atoms with Gasteiger partial charge in [0.2, 0.25) is 0 Å². The molecule has 2 nitrogen and oxygen atoms in total.